The normalized spacial score (nSPS) is 24.9. The van der Waals surface area contributed by atoms with Gasteiger partial charge in [-0.2, -0.15) is 0 Å². The maximum Gasteiger partial charge on any atom is 0.0783 e. The number of hydrogen-bond acceptors (Lipinski definition) is 2. The van der Waals surface area contributed by atoms with Gasteiger partial charge in [0.15, 0.2) is 0 Å². The van der Waals surface area contributed by atoms with E-state index in [0.717, 1.165) is 26.1 Å². The maximum absolute atomic E-state index is 6.09. The van der Waals surface area contributed by atoms with Gasteiger partial charge >= 0.3 is 0 Å². The molecule has 0 saturated carbocycles. The number of hydrogen-bond donors (Lipinski definition) is 1. The number of ether oxygens (including phenoxy) is 1. The molecule has 1 heterocycles. The van der Waals surface area contributed by atoms with E-state index in [2.05, 4.69) is 44.3 Å². The van der Waals surface area contributed by atoms with Crippen LogP contribution in [-0.4, -0.2) is 18.7 Å². The predicted octanol–water partition coefficient (Wildman–Crippen LogP) is 2.96. The third-order valence-electron chi connectivity index (χ3n) is 3.72. The van der Waals surface area contributed by atoms with E-state index in [4.69, 9.17) is 4.74 Å². The van der Waals surface area contributed by atoms with E-state index in [9.17, 15) is 0 Å². The number of nitrogens with one attached hydrogen (secondary N) is 1. The van der Waals surface area contributed by atoms with Crippen LogP contribution in [0.25, 0.3) is 0 Å². The monoisotopic (exact) mass is 233 g/mol. The Morgan fingerprint density at radius 2 is 2.12 bits per heavy atom. The average Bonchev–Trinajstić information content (AvgIpc) is 2.32. The Morgan fingerprint density at radius 1 is 1.29 bits per heavy atom. The first kappa shape index (κ1) is 12.6. The minimum absolute atomic E-state index is 0.0110. The first-order chi connectivity index (χ1) is 8.09. The lowest BCUT2D eigenvalue weighted by Gasteiger charge is -2.34. The zero-order valence-electron chi connectivity index (χ0n) is 11.2. The molecule has 0 aromatic heterocycles. The highest BCUT2D eigenvalue weighted by atomic mass is 16.5. The molecule has 1 fully saturated rings. The Bertz CT molecular complexity index is 381. The highest BCUT2D eigenvalue weighted by Gasteiger charge is 2.27. The summed E-state index contributed by atoms with van der Waals surface area (Å²) in [6, 6.07) is 6.58. The van der Waals surface area contributed by atoms with Crippen LogP contribution in [0, 0.1) is 13.8 Å². The van der Waals surface area contributed by atoms with Crippen molar-refractivity contribution < 1.29 is 4.74 Å². The van der Waals surface area contributed by atoms with Gasteiger partial charge in [0, 0.05) is 6.54 Å². The fourth-order valence-corrected chi connectivity index (χ4v) is 2.30. The topological polar surface area (TPSA) is 21.3 Å². The Morgan fingerprint density at radius 3 is 2.76 bits per heavy atom. The Balaban J connectivity index is 1.94. The largest absolute Gasteiger partial charge is 0.369 e. The summed E-state index contributed by atoms with van der Waals surface area (Å²) in [6.45, 7) is 9.33. The van der Waals surface area contributed by atoms with Gasteiger partial charge in [0.1, 0.15) is 0 Å². The second-order valence-electron chi connectivity index (χ2n) is 5.44. The van der Waals surface area contributed by atoms with Gasteiger partial charge in [-0.15, -0.1) is 0 Å². The van der Waals surface area contributed by atoms with Crippen molar-refractivity contribution in [3.05, 3.63) is 34.9 Å². The van der Waals surface area contributed by atoms with E-state index in [1.165, 1.54) is 23.1 Å². The van der Waals surface area contributed by atoms with Gasteiger partial charge in [-0.25, -0.2) is 0 Å². The van der Waals surface area contributed by atoms with E-state index in [1.54, 1.807) is 0 Å². The molecule has 1 aliphatic rings. The summed E-state index contributed by atoms with van der Waals surface area (Å²) in [5.74, 6) is 0. The minimum Gasteiger partial charge on any atom is -0.369 e. The summed E-state index contributed by atoms with van der Waals surface area (Å²) in [6.07, 6.45) is 2.37. The molecule has 1 N–H and O–H groups in total. The summed E-state index contributed by atoms with van der Waals surface area (Å²) >= 11 is 0. The van der Waals surface area contributed by atoms with Gasteiger partial charge in [-0.05, 0) is 56.8 Å². The van der Waals surface area contributed by atoms with Crippen molar-refractivity contribution >= 4 is 0 Å². The third kappa shape index (κ3) is 3.30. The molecule has 0 aliphatic carbocycles. The zero-order valence-corrected chi connectivity index (χ0v) is 11.2. The minimum atomic E-state index is 0.0110. The smallest absolute Gasteiger partial charge is 0.0783 e. The Hall–Kier alpha value is -0.860. The van der Waals surface area contributed by atoms with Gasteiger partial charge in [-0.3, -0.25) is 0 Å². The van der Waals surface area contributed by atoms with Crippen LogP contribution in [0.15, 0.2) is 18.2 Å². The maximum atomic E-state index is 6.09. The number of benzene rings is 1. The molecule has 1 unspecified atom stereocenters. The van der Waals surface area contributed by atoms with Crippen molar-refractivity contribution in [2.75, 3.05) is 13.1 Å². The number of piperidine rings is 1. The van der Waals surface area contributed by atoms with Crippen LogP contribution in [0.3, 0.4) is 0 Å². The first-order valence-corrected chi connectivity index (χ1v) is 6.50. The van der Waals surface area contributed by atoms with Gasteiger partial charge in [0.2, 0.25) is 0 Å². The molecule has 2 nitrogen and oxygen atoms in total. The van der Waals surface area contributed by atoms with Crippen LogP contribution in [0.2, 0.25) is 0 Å². The van der Waals surface area contributed by atoms with Gasteiger partial charge < -0.3 is 10.1 Å². The molecule has 2 rings (SSSR count). The SMILES string of the molecule is Cc1ccc(COC2(C)CCCNC2)cc1C. The fourth-order valence-electron chi connectivity index (χ4n) is 2.30. The molecule has 1 aliphatic heterocycles. The molecule has 0 amide bonds. The third-order valence-corrected chi connectivity index (χ3v) is 3.72. The van der Waals surface area contributed by atoms with Crippen LogP contribution < -0.4 is 5.32 Å². The summed E-state index contributed by atoms with van der Waals surface area (Å²) in [5, 5.41) is 3.41. The van der Waals surface area contributed by atoms with Crippen molar-refractivity contribution in [2.45, 2.75) is 45.8 Å². The van der Waals surface area contributed by atoms with Gasteiger partial charge in [0.05, 0.1) is 12.2 Å². The number of rotatable bonds is 3. The summed E-state index contributed by atoms with van der Waals surface area (Å²) in [7, 11) is 0. The lowest BCUT2D eigenvalue weighted by atomic mass is 9.96. The molecule has 2 heteroatoms. The molecule has 1 aromatic rings. The van der Waals surface area contributed by atoms with E-state index in [-0.39, 0.29) is 5.60 Å². The Labute approximate surface area is 104 Å². The summed E-state index contributed by atoms with van der Waals surface area (Å²) < 4.78 is 6.09. The molecular formula is C15H23NO. The van der Waals surface area contributed by atoms with Crippen LogP contribution >= 0.6 is 0 Å². The molecule has 0 spiro atoms. The van der Waals surface area contributed by atoms with Crippen molar-refractivity contribution in [1.82, 2.24) is 5.32 Å². The molecule has 17 heavy (non-hydrogen) atoms. The standard InChI is InChI=1S/C15H23NO/c1-12-5-6-14(9-13(12)2)10-17-15(3)7-4-8-16-11-15/h5-6,9,16H,4,7-8,10-11H2,1-3H3. The van der Waals surface area contributed by atoms with Crippen LogP contribution in [0.1, 0.15) is 36.5 Å². The van der Waals surface area contributed by atoms with E-state index in [1.807, 2.05) is 0 Å². The van der Waals surface area contributed by atoms with Gasteiger partial charge in [-0.1, -0.05) is 18.2 Å². The second kappa shape index (κ2) is 5.19. The van der Waals surface area contributed by atoms with Crippen molar-refractivity contribution in [3.8, 4) is 0 Å². The lowest BCUT2D eigenvalue weighted by Crippen LogP contribution is -2.45. The Kier molecular flexibility index (Phi) is 3.85. The highest BCUT2D eigenvalue weighted by molar-refractivity contribution is 5.29. The van der Waals surface area contributed by atoms with Crippen molar-refractivity contribution in [3.63, 3.8) is 0 Å². The van der Waals surface area contributed by atoms with E-state index in [0.29, 0.717) is 0 Å². The fraction of sp³-hybridized carbons (Fsp3) is 0.600. The van der Waals surface area contributed by atoms with Gasteiger partial charge in [0.25, 0.3) is 0 Å². The van der Waals surface area contributed by atoms with Crippen LogP contribution in [0.4, 0.5) is 0 Å². The molecule has 0 bridgehead atoms. The zero-order chi connectivity index (χ0) is 12.3. The average molecular weight is 233 g/mol. The summed E-state index contributed by atoms with van der Waals surface area (Å²) in [4.78, 5) is 0. The quantitative estimate of drug-likeness (QED) is 0.866. The van der Waals surface area contributed by atoms with Crippen LogP contribution in [0.5, 0.6) is 0 Å². The molecule has 0 radical (unpaired) electrons. The molecule has 1 atom stereocenters. The lowest BCUT2D eigenvalue weighted by molar-refractivity contribution is -0.0571. The molecule has 94 valence electrons. The second-order valence-corrected chi connectivity index (χ2v) is 5.44. The molecular weight excluding hydrogens is 210 g/mol. The van der Waals surface area contributed by atoms with E-state index < -0.39 is 0 Å². The van der Waals surface area contributed by atoms with Crippen molar-refractivity contribution in [1.29, 1.82) is 0 Å². The van der Waals surface area contributed by atoms with Crippen LogP contribution in [-0.2, 0) is 11.3 Å². The van der Waals surface area contributed by atoms with E-state index >= 15 is 0 Å². The molecule has 1 aromatic carbocycles. The summed E-state index contributed by atoms with van der Waals surface area (Å²) in [5.41, 5.74) is 3.98. The highest BCUT2D eigenvalue weighted by Crippen LogP contribution is 2.22. The predicted molar refractivity (Wildman–Crippen MR) is 71.2 cm³/mol. The first-order valence-electron chi connectivity index (χ1n) is 6.50. The number of aryl methyl sites for hydroxylation is 2. The van der Waals surface area contributed by atoms with Crippen molar-refractivity contribution in [2.24, 2.45) is 0 Å². The molecule has 1 saturated heterocycles.